The molecular formula is C19H25N3O6S. The number of hydrogen-bond acceptors (Lipinski definition) is 6. The van der Waals surface area contributed by atoms with Crippen LogP contribution in [0.2, 0.25) is 0 Å². The Hall–Kier alpha value is -2.46. The Morgan fingerprint density at radius 1 is 1.28 bits per heavy atom. The molecule has 2 aliphatic rings. The molecule has 10 heteroatoms. The number of rotatable bonds is 6. The van der Waals surface area contributed by atoms with Gasteiger partial charge in [0.1, 0.15) is 0 Å². The van der Waals surface area contributed by atoms with Gasteiger partial charge in [0, 0.05) is 24.7 Å². The van der Waals surface area contributed by atoms with Crippen LogP contribution in [-0.2, 0) is 29.1 Å². The maximum absolute atomic E-state index is 12.4. The third kappa shape index (κ3) is 5.13. The summed E-state index contributed by atoms with van der Waals surface area (Å²) in [6, 6.07) is 5.66. The average molecular weight is 423 g/mol. The van der Waals surface area contributed by atoms with Crippen molar-refractivity contribution < 1.29 is 27.5 Å². The van der Waals surface area contributed by atoms with Crippen LogP contribution in [-0.4, -0.2) is 49.8 Å². The maximum atomic E-state index is 12.4. The highest BCUT2D eigenvalue weighted by Gasteiger charge is 2.40. The molecule has 0 unspecified atom stereocenters. The molecule has 2 fully saturated rings. The Labute approximate surface area is 169 Å². The molecule has 9 nitrogen and oxygen atoms in total. The molecule has 2 amide bonds. The number of nitrogens with two attached hydrogens (primary N) is 1. The fraction of sp³-hybridized carbons (Fsp3) is 0.526. The van der Waals surface area contributed by atoms with E-state index in [0.717, 1.165) is 25.7 Å². The maximum Gasteiger partial charge on any atom is 0.312 e. The van der Waals surface area contributed by atoms with Crippen LogP contribution in [0.15, 0.2) is 29.2 Å². The molecule has 1 saturated carbocycles. The quantitative estimate of drug-likeness (QED) is 0.655. The molecule has 29 heavy (non-hydrogen) atoms. The van der Waals surface area contributed by atoms with Gasteiger partial charge in [-0.1, -0.05) is 18.9 Å². The predicted octanol–water partition coefficient (Wildman–Crippen LogP) is 0.995. The summed E-state index contributed by atoms with van der Waals surface area (Å²) in [5.74, 6) is -1.82. The van der Waals surface area contributed by atoms with Gasteiger partial charge in [-0.25, -0.2) is 13.6 Å². The molecule has 0 radical (unpaired) electrons. The Kier molecular flexibility index (Phi) is 6.23. The topological polar surface area (TPSA) is 136 Å². The molecular weight excluding hydrogens is 398 g/mol. The van der Waals surface area contributed by atoms with Gasteiger partial charge in [-0.3, -0.25) is 14.4 Å². The van der Waals surface area contributed by atoms with E-state index < -0.39 is 33.9 Å². The van der Waals surface area contributed by atoms with Crippen molar-refractivity contribution in [3.8, 4) is 0 Å². The van der Waals surface area contributed by atoms with Gasteiger partial charge in [0.05, 0.1) is 10.8 Å². The van der Waals surface area contributed by atoms with Crippen molar-refractivity contribution in [2.24, 2.45) is 11.1 Å². The smallest absolute Gasteiger partial charge is 0.312 e. The average Bonchev–Trinajstić information content (AvgIpc) is 3.30. The molecule has 1 aromatic rings. The Morgan fingerprint density at radius 3 is 2.62 bits per heavy atom. The van der Waals surface area contributed by atoms with E-state index in [1.165, 1.54) is 31.2 Å². The summed E-state index contributed by atoms with van der Waals surface area (Å²) in [5.41, 5.74) is 0.216. The van der Waals surface area contributed by atoms with E-state index in [9.17, 15) is 22.8 Å². The van der Waals surface area contributed by atoms with E-state index in [1.54, 1.807) is 4.90 Å². The van der Waals surface area contributed by atoms with Crippen molar-refractivity contribution >= 4 is 33.5 Å². The van der Waals surface area contributed by atoms with E-state index in [2.05, 4.69) is 5.32 Å². The molecule has 0 bridgehead atoms. The first kappa shape index (κ1) is 21.3. The molecule has 1 heterocycles. The molecule has 0 spiro atoms. The second-order valence-corrected chi connectivity index (χ2v) is 9.09. The number of carbonyl (C=O) groups excluding carboxylic acids is 3. The number of nitrogens with one attached hydrogen (secondary N) is 1. The van der Waals surface area contributed by atoms with Crippen LogP contribution >= 0.6 is 0 Å². The number of sulfonamides is 1. The molecule has 2 atom stereocenters. The van der Waals surface area contributed by atoms with Crippen molar-refractivity contribution in [1.29, 1.82) is 0 Å². The first-order chi connectivity index (χ1) is 13.6. The number of esters is 1. The minimum absolute atomic E-state index is 0.0456. The molecule has 3 N–H and O–H groups in total. The number of carbonyl (C=O) groups is 3. The summed E-state index contributed by atoms with van der Waals surface area (Å²) in [7, 11) is -3.90. The number of primary sulfonamides is 1. The van der Waals surface area contributed by atoms with Gasteiger partial charge < -0.3 is 15.0 Å². The molecule has 0 aromatic heterocycles. The number of ether oxygens (including phenoxy) is 1. The zero-order chi connectivity index (χ0) is 21.2. The largest absolute Gasteiger partial charge is 0.452 e. The van der Waals surface area contributed by atoms with Crippen LogP contribution in [0, 0.1) is 5.92 Å². The summed E-state index contributed by atoms with van der Waals surface area (Å²) in [6.45, 7) is 1.75. The van der Waals surface area contributed by atoms with Crippen molar-refractivity contribution in [2.45, 2.75) is 56.1 Å². The van der Waals surface area contributed by atoms with E-state index in [4.69, 9.17) is 9.88 Å². The van der Waals surface area contributed by atoms with Gasteiger partial charge in [0.15, 0.2) is 6.10 Å². The first-order valence-corrected chi connectivity index (χ1v) is 11.1. The SMILES string of the molecule is C[C@H](OC(=O)[C@@H]1CC(=O)N(C2CCCC2)C1)C(=O)Nc1cccc(S(N)(=O)=O)c1. The first-order valence-electron chi connectivity index (χ1n) is 9.59. The monoisotopic (exact) mass is 423 g/mol. The third-order valence-corrected chi connectivity index (χ3v) is 6.26. The van der Waals surface area contributed by atoms with E-state index in [0.29, 0.717) is 6.54 Å². The predicted molar refractivity (Wildman–Crippen MR) is 104 cm³/mol. The van der Waals surface area contributed by atoms with Crippen molar-refractivity contribution in [1.82, 2.24) is 4.90 Å². The molecule has 1 aliphatic carbocycles. The number of amides is 2. The molecule has 1 saturated heterocycles. The lowest BCUT2D eigenvalue weighted by molar-refractivity contribution is -0.157. The second kappa shape index (κ2) is 8.50. The van der Waals surface area contributed by atoms with Gasteiger partial charge in [-0.2, -0.15) is 0 Å². The lowest BCUT2D eigenvalue weighted by Crippen LogP contribution is -2.36. The molecule has 1 aromatic carbocycles. The minimum atomic E-state index is -3.90. The number of hydrogen-bond donors (Lipinski definition) is 2. The lowest BCUT2D eigenvalue weighted by atomic mass is 10.1. The summed E-state index contributed by atoms with van der Waals surface area (Å²) in [6.07, 6.45) is 3.10. The third-order valence-electron chi connectivity index (χ3n) is 5.35. The van der Waals surface area contributed by atoms with Crippen LogP contribution in [0.4, 0.5) is 5.69 Å². The van der Waals surface area contributed by atoms with Gasteiger partial charge >= 0.3 is 5.97 Å². The van der Waals surface area contributed by atoms with Crippen molar-refractivity contribution in [3.63, 3.8) is 0 Å². The Morgan fingerprint density at radius 2 is 1.97 bits per heavy atom. The van der Waals surface area contributed by atoms with Gasteiger partial charge in [-0.15, -0.1) is 0 Å². The lowest BCUT2D eigenvalue weighted by Gasteiger charge is -2.24. The molecule has 3 rings (SSSR count). The Bertz CT molecular complexity index is 910. The van der Waals surface area contributed by atoms with Crippen molar-refractivity contribution in [2.75, 3.05) is 11.9 Å². The second-order valence-electron chi connectivity index (χ2n) is 7.53. The highest BCUT2D eigenvalue weighted by molar-refractivity contribution is 7.89. The van der Waals surface area contributed by atoms with E-state index >= 15 is 0 Å². The van der Waals surface area contributed by atoms with Crippen LogP contribution in [0.25, 0.3) is 0 Å². The summed E-state index contributed by atoms with van der Waals surface area (Å²) < 4.78 is 28.1. The number of nitrogens with zero attached hydrogens (tertiary/aromatic N) is 1. The van der Waals surface area contributed by atoms with E-state index in [-0.39, 0.29) is 29.0 Å². The highest BCUT2D eigenvalue weighted by Crippen LogP contribution is 2.30. The van der Waals surface area contributed by atoms with Gasteiger partial charge in [-0.05, 0) is 38.0 Å². The number of likely N-dealkylation sites (tertiary alicyclic amines) is 1. The minimum Gasteiger partial charge on any atom is -0.452 e. The van der Waals surface area contributed by atoms with Gasteiger partial charge in [0.25, 0.3) is 5.91 Å². The van der Waals surface area contributed by atoms with Crippen LogP contribution in [0.1, 0.15) is 39.0 Å². The Balaban J connectivity index is 1.56. The zero-order valence-corrected chi connectivity index (χ0v) is 17.0. The summed E-state index contributed by atoms with van der Waals surface area (Å²) >= 11 is 0. The number of anilines is 1. The fourth-order valence-corrected chi connectivity index (χ4v) is 4.34. The standard InChI is InChI=1S/C19H25N3O6S/c1-12(18(24)21-14-5-4-8-16(10-14)29(20,26)27)28-19(25)13-9-17(23)22(11-13)15-6-2-3-7-15/h4-5,8,10,12-13,15H,2-3,6-7,9,11H2,1H3,(H,21,24)(H2,20,26,27)/t12-,13+/m0/s1. The summed E-state index contributed by atoms with van der Waals surface area (Å²) in [5, 5.41) is 7.58. The number of benzene rings is 1. The van der Waals surface area contributed by atoms with E-state index in [1.807, 2.05) is 0 Å². The molecule has 1 aliphatic heterocycles. The van der Waals surface area contributed by atoms with Crippen LogP contribution in [0.5, 0.6) is 0 Å². The summed E-state index contributed by atoms with van der Waals surface area (Å²) in [4.78, 5) is 38.6. The molecule has 158 valence electrons. The normalized spacial score (nSPS) is 21.2. The van der Waals surface area contributed by atoms with Crippen LogP contribution < -0.4 is 10.5 Å². The van der Waals surface area contributed by atoms with Crippen LogP contribution in [0.3, 0.4) is 0 Å². The highest BCUT2D eigenvalue weighted by atomic mass is 32.2. The fourth-order valence-electron chi connectivity index (χ4n) is 3.78. The van der Waals surface area contributed by atoms with Crippen molar-refractivity contribution in [3.05, 3.63) is 24.3 Å². The van der Waals surface area contributed by atoms with Gasteiger partial charge in [0.2, 0.25) is 15.9 Å². The zero-order valence-electron chi connectivity index (χ0n) is 16.2.